The molecule has 9 aromatic carbocycles. The second-order valence-electron chi connectivity index (χ2n) is 15.1. The van der Waals surface area contributed by atoms with E-state index >= 15 is 0 Å². The molecule has 0 atom stereocenters. The van der Waals surface area contributed by atoms with Crippen molar-refractivity contribution >= 4 is 66.3 Å². The number of aromatic nitrogens is 1. The highest BCUT2D eigenvalue weighted by atomic mass is 15.0. The predicted molar refractivity (Wildman–Crippen MR) is 248 cm³/mol. The molecule has 276 valence electrons. The van der Waals surface area contributed by atoms with E-state index in [1.807, 2.05) is 55.5 Å². The molecule has 4 nitrogen and oxygen atoms in total. The van der Waals surface area contributed by atoms with Gasteiger partial charge in [0.1, 0.15) is 0 Å². The minimum atomic E-state index is 0.631. The number of nitrogens with zero attached hydrogens (tertiary/aromatic N) is 4. The predicted octanol–water partition coefficient (Wildman–Crippen LogP) is 14.0. The molecule has 0 N–H and O–H groups in total. The van der Waals surface area contributed by atoms with E-state index in [4.69, 9.17) is 15.0 Å². The van der Waals surface area contributed by atoms with Crippen LogP contribution >= 0.6 is 0 Å². The summed E-state index contributed by atoms with van der Waals surface area (Å²) in [7, 11) is 0. The van der Waals surface area contributed by atoms with Gasteiger partial charge in [-0.2, -0.15) is 0 Å². The van der Waals surface area contributed by atoms with Gasteiger partial charge in [-0.3, -0.25) is 0 Å². The zero-order valence-electron chi connectivity index (χ0n) is 32.3. The summed E-state index contributed by atoms with van der Waals surface area (Å²) in [6.45, 7) is 2.04. The van der Waals surface area contributed by atoms with Crippen LogP contribution in [0.1, 0.15) is 23.6 Å². The minimum Gasteiger partial charge on any atom is -0.247 e. The molecule has 0 fully saturated rings. The van der Waals surface area contributed by atoms with Crippen LogP contribution in [0.25, 0.3) is 76.7 Å². The molecule has 11 rings (SSSR count). The first kappa shape index (κ1) is 34.4. The molecular weight excluding hydrogens is 717 g/mol. The second kappa shape index (κ2) is 14.3. The van der Waals surface area contributed by atoms with Gasteiger partial charge in [-0.15, -0.1) is 0 Å². The highest BCUT2D eigenvalue weighted by molar-refractivity contribution is 6.21. The zero-order valence-corrected chi connectivity index (χ0v) is 32.3. The van der Waals surface area contributed by atoms with Gasteiger partial charge in [0.15, 0.2) is 11.7 Å². The Hall–Kier alpha value is -7.82. The van der Waals surface area contributed by atoms with Crippen LogP contribution in [-0.2, 0) is 0 Å². The topological polar surface area (TPSA) is 50.0 Å². The molecular formula is C55H36N4. The maximum Gasteiger partial charge on any atom is 0.164 e. The molecule has 1 aromatic heterocycles. The Bertz CT molecular complexity index is 3380. The van der Waals surface area contributed by atoms with Gasteiger partial charge in [0.25, 0.3) is 0 Å². The van der Waals surface area contributed by atoms with Gasteiger partial charge in [0.05, 0.1) is 16.9 Å². The van der Waals surface area contributed by atoms with Crippen LogP contribution in [-0.4, -0.2) is 22.4 Å². The first-order valence-electron chi connectivity index (χ1n) is 20.0. The Morgan fingerprint density at radius 1 is 0.424 bits per heavy atom. The summed E-state index contributed by atoms with van der Waals surface area (Å²) < 4.78 is 0. The molecule has 1 aliphatic rings. The van der Waals surface area contributed by atoms with Crippen LogP contribution in [0.4, 0.5) is 5.69 Å². The van der Waals surface area contributed by atoms with E-state index < -0.39 is 0 Å². The first-order valence-corrected chi connectivity index (χ1v) is 20.0. The summed E-state index contributed by atoms with van der Waals surface area (Å²) >= 11 is 0. The third kappa shape index (κ3) is 6.28. The Morgan fingerprint density at radius 3 is 1.69 bits per heavy atom. The fraction of sp³-hybridized carbons (Fsp3) is 0.0182. The van der Waals surface area contributed by atoms with Gasteiger partial charge < -0.3 is 0 Å². The Kier molecular flexibility index (Phi) is 8.34. The molecule has 2 heterocycles. The van der Waals surface area contributed by atoms with Gasteiger partial charge in [-0.05, 0) is 98.1 Å². The van der Waals surface area contributed by atoms with E-state index in [0.29, 0.717) is 11.7 Å². The van der Waals surface area contributed by atoms with Gasteiger partial charge >= 0.3 is 0 Å². The molecule has 0 amide bonds. The van der Waals surface area contributed by atoms with Crippen molar-refractivity contribution in [1.82, 2.24) is 4.98 Å². The molecule has 59 heavy (non-hydrogen) atoms. The van der Waals surface area contributed by atoms with Crippen LogP contribution in [0.5, 0.6) is 0 Å². The Balaban J connectivity index is 1.04. The van der Waals surface area contributed by atoms with Crippen LogP contribution in [0.15, 0.2) is 215 Å². The lowest BCUT2D eigenvalue weighted by Gasteiger charge is -2.16. The number of hydrogen-bond donors (Lipinski definition) is 0. The molecule has 4 heteroatoms. The van der Waals surface area contributed by atoms with Gasteiger partial charge in [0.2, 0.25) is 0 Å². The third-order valence-electron chi connectivity index (χ3n) is 11.4. The van der Waals surface area contributed by atoms with Crippen molar-refractivity contribution in [2.45, 2.75) is 6.92 Å². The maximum absolute atomic E-state index is 5.47. The lowest BCUT2D eigenvalue weighted by molar-refractivity contribution is 1.34. The van der Waals surface area contributed by atoms with E-state index in [1.165, 1.54) is 38.1 Å². The van der Waals surface area contributed by atoms with E-state index in [0.717, 1.165) is 66.8 Å². The van der Waals surface area contributed by atoms with E-state index in [-0.39, 0.29) is 0 Å². The SMILES string of the molecule is C/C(=N\C(=N/C1=Nc2ccccc21)c1ccccc1)c1ccc(-c2cc(-c3ccc4ccccc4c3)c3cc(-c4ccc5ccccc5c4)c4ccccc4c3n2)cc1. The number of amidine groups is 2. The summed E-state index contributed by atoms with van der Waals surface area (Å²) in [5.41, 5.74) is 12.4. The van der Waals surface area contributed by atoms with Crippen molar-refractivity contribution in [3.05, 3.63) is 217 Å². The highest BCUT2D eigenvalue weighted by Gasteiger charge is 2.20. The van der Waals surface area contributed by atoms with Crippen LogP contribution in [0.3, 0.4) is 0 Å². The Labute approximate surface area is 342 Å². The van der Waals surface area contributed by atoms with Gasteiger partial charge in [-0.25, -0.2) is 20.0 Å². The number of pyridine rings is 1. The summed E-state index contributed by atoms with van der Waals surface area (Å²) in [6.07, 6.45) is 0. The fourth-order valence-electron chi connectivity index (χ4n) is 8.31. The molecule has 1 aliphatic heterocycles. The molecule has 0 spiro atoms. The van der Waals surface area contributed by atoms with Crippen molar-refractivity contribution in [3.8, 4) is 33.5 Å². The fourth-order valence-corrected chi connectivity index (χ4v) is 8.31. The van der Waals surface area contributed by atoms with Crippen molar-refractivity contribution < 1.29 is 0 Å². The monoisotopic (exact) mass is 752 g/mol. The standard InChI is InChI=1S/C55H36N4/c1-35(56-54(40-15-3-2-4-16-40)59-55-47-21-11-12-22-51(47)58-55)36-23-27-39(28-24-36)52-34-49(44-30-26-38-14-6-8-18-42(38)32-44)50-33-48(45-19-9-10-20-46(45)53(50)57-52)43-29-25-37-13-5-7-17-41(37)31-43/h2-34H,1H3/b56-35+,59-54-. The minimum absolute atomic E-state index is 0.631. The van der Waals surface area contributed by atoms with E-state index in [9.17, 15) is 0 Å². The zero-order chi connectivity index (χ0) is 39.3. The average molecular weight is 753 g/mol. The molecule has 10 aromatic rings. The maximum atomic E-state index is 5.47. The molecule has 0 bridgehead atoms. The lowest BCUT2D eigenvalue weighted by Crippen LogP contribution is -2.11. The third-order valence-corrected chi connectivity index (χ3v) is 11.4. The van der Waals surface area contributed by atoms with Crippen LogP contribution in [0, 0.1) is 0 Å². The van der Waals surface area contributed by atoms with Crippen molar-refractivity contribution in [1.29, 1.82) is 0 Å². The van der Waals surface area contributed by atoms with Crippen LogP contribution in [0.2, 0.25) is 0 Å². The normalized spacial score (nSPS) is 12.8. The average Bonchev–Trinajstić information content (AvgIpc) is 3.29. The number of hydrogen-bond acceptors (Lipinski definition) is 3. The number of aliphatic imine (C=N–C) groups is 3. The largest absolute Gasteiger partial charge is 0.247 e. The smallest absolute Gasteiger partial charge is 0.164 e. The molecule has 0 radical (unpaired) electrons. The molecule has 0 unspecified atom stereocenters. The quantitative estimate of drug-likeness (QED) is 0.0981. The molecule has 0 aliphatic carbocycles. The Morgan fingerprint density at radius 2 is 1.00 bits per heavy atom. The number of para-hydroxylation sites is 1. The molecule has 0 saturated heterocycles. The van der Waals surface area contributed by atoms with Gasteiger partial charge in [0, 0.05) is 33.2 Å². The summed E-state index contributed by atoms with van der Waals surface area (Å²) in [6, 6.07) is 70.7. The number of benzene rings is 9. The second-order valence-corrected chi connectivity index (χ2v) is 15.1. The first-order chi connectivity index (χ1) is 29.1. The number of fused-ring (bicyclic) bond motifs is 6. The van der Waals surface area contributed by atoms with E-state index in [1.54, 1.807) is 0 Å². The lowest BCUT2D eigenvalue weighted by atomic mass is 9.90. The van der Waals surface area contributed by atoms with Crippen molar-refractivity contribution in [3.63, 3.8) is 0 Å². The molecule has 0 saturated carbocycles. The summed E-state index contributed by atoms with van der Waals surface area (Å²) in [5, 5.41) is 8.31. The van der Waals surface area contributed by atoms with Crippen molar-refractivity contribution in [2.24, 2.45) is 15.0 Å². The summed E-state index contributed by atoms with van der Waals surface area (Å²) in [5.74, 6) is 1.33. The summed E-state index contributed by atoms with van der Waals surface area (Å²) in [4.78, 5) is 20.1. The van der Waals surface area contributed by atoms with E-state index in [2.05, 4.69) is 157 Å². The van der Waals surface area contributed by atoms with Gasteiger partial charge in [-0.1, -0.05) is 164 Å². The van der Waals surface area contributed by atoms with Crippen molar-refractivity contribution in [2.75, 3.05) is 0 Å². The van der Waals surface area contributed by atoms with Crippen LogP contribution < -0.4 is 0 Å². The number of rotatable bonds is 5. The highest BCUT2D eigenvalue weighted by Crippen LogP contribution is 2.41.